The largest absolute Gasteiger partial charge is 0.334 e. The van der Waals surface area contributed by atoms with Gasteiger partial charge in [-0.3, -0.25) is 4.79 Å². The zero-order valence-electron chi connectivity index (χ0n) is 14.4. The Kier molecular flexibility index (Phi) is 5.27. The van der Waals surface area contributed by atoms with E-state index in [4.69, 9.17) is 0 Å². The lowest BCUT2D eigenvalue weighted by Gasteiger charge is -2.25. The van der Waals surface area contributed by atoms with Gasteiger partial charge in [0.05, 0.1) is 6.54 Å². The van der Waals surface area contributed by atoms with Crippen molar-refractivity contribution >= 4 is 27.3 Å². The first-order chi connectivity index (χ1) is 11.9. The summed E-state index contributed by atoms with van der Waals surface area (Å²) in [4.78, 5) is 14.6. The molecule has 7 heteroatoms. The first-order valence-corrected chi connectivity index (χ1v) is 10.5. The Bertz CT molecular complexity index is 826. The average Bonchev–Trinajstić information content (AvgIpc) is 3.25. The quantitative estimate of drug-likeness (QED) is 0.744. The van der Waals surface area contributed by atoms with Crippen LogP contribution in [0.5, 0.6) is 0 Å². The summed E-state index contributed by atoms with van der Waals surface area (Å²) in [6, 6.07) is 11.6. The van der Waals surface area contributed by atoms with E-state index >= 15 is 0 Å². The van der Waals surface area contributed by atoms with Crippen molar-refractivity contribution in [3.63, 3.8) is 0 Å². The van der Waals surface area contributed by atoms with Gasteiger partial charge in [0.15, 0.2) is 0 Å². The number of benzene rings is 1. The maximum absolute atomic E-state index is 12.7. The van der Waals surface area contributed by atoms with Gasteiger partial charge in [-0.05, 0) is 36.8 Å². The number of amides is 1. The Morgan fingerprint density at radius 3 is 2.44 bits per heavy atom. The maximum atomic E-state index is 12.7. The van der Waals surface area contributed by atoms with Crippen LogP contribution in [0.1, 0.15) is 24.0 Å². The van der Waals surface area contributed by atoms with Crippen LogP contribution in [0, 0.1) is 6.92 Å². The fourth-order valence-electron chi connectivity index (χ4n) is 2.63. The van der Waals surface area contributed by atoms with Crippen molar-refractivity contribution in [2.75, 3.05) is 13.6 Å². The van der Waals surface area contributed by atoms with Gasteiger partial charge in [0.1, 0.15) is 4.21 Å². The molecule has 1 fully saturated rings. The summed E-state index contributed by atoms with van der Waals surface area (Å²) in [5.41, 5.74) is 2.24. The standard InChI is InChI=1S/C18H22N2O3S2/c1-14-5-7-15(8-6-14)12-20(16-9-10-16)17(21)13-19(2)25(22,23)18-4-3-11-24-18/h3-8,11,16H,9-10,12-13H2,1-2H3. The first-order valence-electron chi connectivity index (χ1n) is 8.23. The van der Waals surface area contributed by atoms with Gasteiger partial charge in [0.25, 0.3) is 10.0 Å². The highest BCUT2D eigenvalue weighted by atomic mass is 32.2. The third-order valence-electron chi connectivity index (χ3n) is 4.30. The van der Waals surface area contributed by atoms with Crippen LogP contribution >= 0.6 is 11.3 Å². The van der Waals surface area contributed by atoms with Gasteiger partial charge in [-0.15, -0.1) is 11.3 Å². The van der Waals surface area contributed by atoms with E-state index in [1.54, 1.807) is 17.5 Å². The molecule has 25 heavy (non-hydrogen) atoms. The van der Waals surface area contributed by atoms with E-state index in [1.165, 1.54) is 12.6 Å². The fourth-order valence-corrected chi connectivity index (χ4v) is 4.95. The number of aryl methyl sites for hydroxylation is 1. The number of thiophene rings is 1. The first kappa shape index (κ1) is 18.1. The van der Waals surface area contributed by atoms with Gasteiger partial charge in [-0.25, -0.2) is 8.42 Å². The zero-order chi connectivity index (χ0) is 18.0. The summed E-state index contributed by atoms with van der Waals surface area (Å²) in [5, 5.41) is 1.72. The van der Waals surface area contributed by atoms with Crippen LogP contribution in [0.15, 0.2) is 46.0 Å². The van der Waals surface area contributed by atoms with E-state index in [-0.39, 0.29) is 22.7 Å². The molecular weight excluding hydrogens is 356 g/mol. The van der Waals surface area contributed by atoms with Crippen molar-refractivity contribution in [3.8, 4) is 0 Å². The number of likely N-dealkylation sites (N-methyl/N-ethyl adjacent to an activating group) is 1. The summed E-state index contributed by atoms with van der Waals surface area (Å²) in [7, 11) is -2.14. The Labute approximate surface area is 152 Å². The molecule has 1 amide bonds. The van der Waals surface area contributed by atoms with Crippen LogP contribution < -0.4 is 0 Å². The monoisotopic (exact) mass is 378 g/mol. The van der Waals surface area contributed by atoms with Crippen LogP contribution in [0.4, 0.5) is 0 Å². The number of carbonyl (C=O) groups excluding carboxylic acids is 1. The van der Waals surface area contributed by atoms with E-state index in [2.05, 4.69) is 0 Å². The zero-order valence-corrected chi connectivity index (χ0v) is 16.0. The SMILES string of the molecule is Cc1ccc(CN(C(=O)CN(C)S(=O)(=O)c2cccs2)C2CC2)cc1. The lowest BCUT2D eigenvalue weighted by molar-refractivity contribution is -0.132. The second-order valence-electron chi connectivity index (χ2n) is 6.43. The second kappa shape index (κ2) is 7.27. The molecule has 0 bridgehead atoms. The smallest absolute Gasteiger partial charge is 0.252 e. The number of hydrogen-bond acceptors (Lipinski definition) is 4. The van der Waals surface area contributed by atoms with Crippen molar-refractivity contribution in [3.05, 3.63) is 52.9 Å². The van der Waals surface area contributed by atoms with E-state index < -0.39 is 10.0 Å². The van der Waals surface area contributed by atoms with Gasteiger partial charge in [0, 0.05) is 19.6 Å². The third-order valence-corrected chi connectivity index (χ3v) is 7.48. The Balaban J connectivity index is 1.70. The highest BCUT2D eigenvalue weighted by Gasteiger charge is 2.34. The number of carbonyl (C=O) groups is 1. The van der Waals surface area contributed by atoms with E-state index in [9.17, 15) is 13.2 Å². The summed E-state index contributed by atoms with van der Waals surface area (Å²) in [6.45, 7) is 2.41. The number of sulfonamides is 1. The molecule has 1 aromatic heterocycles. The Hall–Kier alpha value is -1.70. The van der Waals surface area contributed by atoms with Crippen molar-refractivity contribution in [2.45, 2.75) is 36.6 Å². The van der Waals surface area contributed by atoms with Gasteiger partial charge in [-0.1, -0.05) is 35.9 Å². The predicted octanol–water partition coefficient (Wildman–Crippen LogP) is 2.87. The molecule has 1 aromatic carbocycles. The highest BCUT2D eigenvalue weighted by molar-refractivity contribution is 7.91. The third kappa shape index (κ3) is 4.29. The molecule has 0 saturated heterocycles. The number of rotatable bonds is 7. The summed E-state index contributed by atoms with van der Waals surface area (Å²) in [6.07, 6.45) is 1.97. The van der Waals surface area contributed by atoms with Crippen molar-refractivity contribution in [1.82, 2.24) is 9.21 Å². The van der Waals surface area contributed by atoms with E-state index in [0.717, 1.165) is 34.0 Å². The van der Waals surface area contributed by atoms with E-state index in [0.29, 0.717) is 6.54 Å². The minimum Gasteiger partial charge on any atom is -0.334 e. The maximum Gasteiger partial charge on any atom is 0.252 e. The van der Waals surface area contributed by atoms with Crippen LogP contribution in [0.3, 0.4) is 0 Å². The van der Waals surface area contributed by atoms with Crippen molar-refractivity contribution in [2.24, 2.45) is 0 Å². The number of nitrogens with zero attached hydrogens (tertiary/aromatic N) is 2. The normalized spacial score (nSPS) is 14.7. The molecule has 1 saturated carbocycles. The lowest BCUT2D eigenvalue weighted by atomic mass is 10.1. The van der Waals surface area contributed by atoms with Gasteiger partial charge < -0.3 is 4.90 Å². The molecule has 0 aliphatic heterocycles. The minimum atomic E-state index is -3.60. The van der Waals surface area contributed by atoms with Crippen molar-refractivity contribution < 1.29 is 13.2 Å². The summed E-state index contributed by atoms with van der Waals surface area (Å²) >= 11 is 1.16. The minimum absolute atomic E-state index is 0.136. The second-order valence-corrected chi connectivity index (χ2v) is 9.65. The Morgan fingerprint density at radius 2 is 1.88 bits per heavy atom. The molecule has 0 atom stereocenters. The van der Waals surface area contributed by atoms with Crippen LogP contribution in [0.2, 0.25) is 0 Å². The summed E-state index contributed by atoms with van der Waals surface area (Å²) < 4.78 is 26.4. The topological polar surface area (TPSA) is 57.7 Å². The number of hydrogen-bond donors (Lipinski definition) is 0. The Morgan fingerprint density at radius 1 is 1.20 bits per heavy atom. The lowest BCUT2D eigenvalue weighted by Crippen LogP contribution is -2.41. The van der Waals surface area contributed by atoms with Crippen LogP contribution in [0.25, 0.3) is 0 Å². The average molecular weight is 379 g/mol. The molecule has 3 rings (SSSR count). The molecule has 1 heterocycles. The molecule has 2 aromatic rings. The van der Waals surface area contributed by atoms with Gasteiger partial charge >= 0.3 is 0 Å². The highest BCUT2D eigenvalue weighted by Crippen LogP contribution is 2.29. The molecule has 134 valence electrons. The van der Waals surface area contributed by atoms with Gasteiger partial charge in [-0.2, -0.15) is 4.31 Å². The molecule has 0 N–H and O–H groups in total. The molecule has 1 aliphatic carbocycles. The van der Waals surface area contributed by atoms with Crippen LogP contribution in [-0.4, -0.2) is 43.2 Å². The van der Waals surface area contributed by atoms with E-state index in [1.807, 2.05) is 36.1 Å². The molecule has 0 radical (unpaired) electrons. The molecular formula is C18H22N2O3S2. The molecule has 5 nitrogen and oxygen atoms in total. The molecule has 1 aliphatic rings. The molecule has 0 unspecified atom stereocenters. The predicted molar refractivity (Wildman–Crippen MR) is 98.9 cm³/mol. The summed E-state index contributed by atoms with van der Waals surface area (Å²) in [5.74, 6) is -0.147. The molecule has 0 spiro atoms. The van der Waals surface area contributed by atoms with Gasteiger partial charge in [0.2, 0.25) is 5.91 Å². The van der Waals surface area contributed by atoms with Crippen LogP contribution in [-0.2, 0) is 21.4 Å². The fraction of sp³-hybridized carbons (Fsp3) is 0.389. The van der Waals surface area contributed by atoms with Crippen molar-refractivity contribution in [1.29, 1.82) is 0 Å².